The number of hydrogen-bond donors (Lipinski definition) is 2. The highest BCUT2D eigenvalue weighted by Gasteiger charge is 2.18. The summed E-state index contributed by atoms with van der Waals surface area (Å²) in [6, 6.07) is 0.205. The summed E-state index contributed by atoms with van der Waals surface area (Å²) in [4.78, 5) is 12.4. The van der Waals surface area contributed by atoms with Crippen molar-refractivity contribution in [1.29, 1.82) is 0 Å². The summed E-state index contributed by atoms with van der Waals surface area (Å²) < 4.78 is 10.2. The molecule has 0 aromatic carbocycles. The molecular weight excluding hydrogens is 260 g/mol. The van der Waals surface area contributed by atoms with Gasteiger partial charge in [0.05, 0.1) is 18.8 Å². The molecule has 0 saturated heterocycles. The maximum atomic E-state index is 5.16. The van der Waals surface area contributed by atoms with E-state index in [1.165, 1.54) is 7.11 Å². The Kier molecular flexibility index (Phi) is 4.02. The van der Waals surface area contributed by atoms with Gasteiger partial charge in [-0.15, -0.1) is 0 Å². The summed E-state index contributed by atoms with van der Waals surface area (Å²) in [5.41, 5.74) is 1.84. The number of rotatable bonds is 5. The van der Waals surface area contributed by atoms with E-state index in [2.05, 4.69) is 30.7 Å². The van der Waals surface area contributed by atoms with Gasteiger partial charge in [-0.1, -0.05) is 5.16 Å². The largest absolute Gasteiger partial charge is 0.467 e. The monoisotopic (exact) mass is 278 g/mol. The standard InChI is InChI=1S/C12H18N6O2/c1-6(9-7(2)18-20-8(9)3)14-11-15-10(13-4)16-12(17-11)19-5/h6H,1-5H3,(H2,13,14,15,16,17). The molecular formula is C12H18N6O2. The summed E-state index contributed by atoms with van der Waals surface area (Å²) >= 11 is 0. The quantitative estimate of drug-likeness (QED) is 0.852. The molecule has 108 valence electrons. The van der Waals surface area contributed by atoms with E-state index < -0.39 is 0 Å². The number of nitrogens with one attached hydrogen (secondary N) is 2. The number of aryl methyl sites for hydroxylation is 2. The maximum absolute atomic E-state index is 5.16. The minimum absolute atomic E-state index is 0.0435. The first-order valence-electron chi connectivity index (χ1n) is 6.22. The van der Waals surface area contributed by atoms with E-state index >= 15 is 0 Å². The second kappa shape index (κ2) is 5.72. The van der Waals surface area contributed by atoms with Crippen molar-refractivity contribution in [3.63, 3.8) is 0 Å². The normalized spacial score (nSPS) is 12.1. The van der Waals surface area contributed by atoms with Crippen molar-refractivity contribution in [2.75, 3.05) is 24.8 Å². The number of anilines is 2. The molecule has 2 aromatic rings. The number of methoxy groups -OCH3 is 1. The SMILES string of the molecule is CNc1nc(NC(C)c2c(C)noc2C)nc(OC)n1. The number of hydrogen-bond acceptors (Lipinski definition) is 8. The molecule has 8 nitrogen and oxygen atoms in total. The fraction of sp³-hybridized carbons (Fsp3) is 0.500. The maximum Gasteiger partial charge on any atom is 0.322 e. The van der Waals surface area contributed by atoms with Crippen molar-refractivity contribution >= 4 is 11.9 Å². The lowest BCUT2D eigenvalue weighted by atomic mass is 10.1. The van der Waals surface area contributed by atoms with E-state index in [-0.39, 0.29) is 12.1 Å². The molecule has 0 saturated carbocycles. The Morgan fingerprint density at radius 3 is 2.40 bits per heavy atom. The van der Waals surface area contributed by atoms with Crippen LogP contribution >= 0.6 is 0 Å². The van der Waals surface area contributed by atoms with Gasteiger partial charge in [-0.05, 0) is 20.8 Å². The van der Waals surface area contributed by atoms with E-state index in [9.17, 15) is 0 Å². The van der Waals surface area contributed by atoms with Crippen LogP contribution in [0, 0.1) is 13.8 Å². The minimum atomic E-state index is -0.0435. The second-order valence-corrected chi connectivity index (χ2v) is 4.32. The zero-order chi connectivity index (χ0) is 14.7. The Balaban J connectivity index is 2.25. The van der Waals surface area contributed by atoms with Gasteiger partial charge in [0.2, 0.25) is 11.9 Å². The predicted molar refractivity (Wildman–Crippen MR) is 73.9 cm³/mol. The van der Waals surface area contributed by atoms with Crippen LogP contribution < -0.4 is 15.4 Å². The lowest BCUT2D eigenvalue weighted by Crippen LogP contribution is -2.13. The van der Waals surface area contributed by atoms with E-state index in [1.807, 2.05) is 20.8 Å². The van der Waals surface area contributed by atoms with E-state index in [1.54, 1.807) is 7.05 Å². The van der Waals surface area contributed by atoms with Crippen molar-refractivity contribution in [2.24, 2.45) is 0 Å². The van der Waals surface area contributed by atoms with Crippen LogP contribution in [0.25, 0.3) is 0 Å². The lowest BCUT2D eigenvalue weighted by molar-refractivity contribution is 0.379. The van der Waals surface area contributed by atoms with Gasteiger partial charge in [-0.25, -0.2) is 0 Å². The molecule has 0 amide bonds. The Labute approximate surface area is 117 Å². The first-order valence-corrected chi connectivity index (χ1v) is 6.22. The van der Waals surface area contributed by atoms with Crippen LogP contribution in [0.5, 0.6) is 6.01 Å². The zero-order valence-corrected chi connectivity index (χ0v) is 12.2. The average molecular weight is 278 g/mol. The van der Waals surface area contributed by atoms with Crippen molar-refractivity contribution < 1.29 is 9.26 Å². The molecule has 20 heavy (non-hydrogen) atoms. The Hall–Kier alpha value is -2.38. The molecule has 0 aliphatic carbocycles. The van der Waals surface area contributed by atoms with Gasteiger partial charge >= 0.3 is 6.01 Å². The fourth-order valence-electron chi connectivity index (χ4n) is 2.00. The molecule has 0 bridgehead atoms. The summed E-state index contributed by atoms with van der Waals surface area (Å²) in [5, 5.41) is 9.99. The average Bonchev–Trinajstić information content (AvgIpc) is 2.77. The van der Waals surface area contributed by atoms with Crippen LogP contribution in [0.15, 0.2) is 4.52 Å². The number of aromatic nitrogens is 4. The summed E-state index contributed by atoms with van der Waals surface area (Å²) in [6.45, 7) is 5.76. The molecule has 2 rings (SSSR count). The third-order valence-electron chi connectivity index (χ3n) is 2.89. The first-order chi connectivity index (χ1) is 9.55. The molecule has 0 aliphatic heterocycles. The van der Waals surface area contributed by atoms with E-state index in [0.29, 0.717) is 11.9 Å². The highest BCUT2D eigenvalue weighted by Crippen LogP contribution is 2.24. The Morgan fingerprint density at radius 2 is 1.85 bits per heavy atom. The van der Waals surface area contributed by atoms with Gasteiger partial charge in [0, 0.05) is 12.6 Å². The lowest BCUT2D eigenvalue weighted by Gasteiger charge is -2.14. The summed E-state index contributed by atoms with van der Waals surface area (Å²) in [7, 11) is 3.24. The van der Waals surface area contributed by atoms with Crippen molar-refractivity contribution in [1.82, 2.24) is 20.1 Å². The smallest absolute Gasteiger partial charge is 0.322 e. The molecule has 0 radical (unpaired) electrons. The van der Waals surface area contributed by atoms with Crippen molar-refractivity contribution in [2.45, 2.75) is 26.8 Å². The highest BCUT2D eigenvalue weighted by molar-refractivity contribution is 5.39. The third-order valence-corrected chi connectivity index (χ3v) is 2.89. The van der Waals surface area contributed by atoms with E-state index in [0.717, 1.165) is 17.0 Å². The fourth-order valence-corrected chi connectivity index (χ4v) is 2.00. The first kappa shape index (κ1) is 14.0. The third kappa shape index (κ3) is 2.79. The molecule has 8 heteroatoms. The van der Waals surface area contributed by atoms with Gasteiger partial charge in [0.1, 0.15) is 5.76 Å². The summed E-state index contributed by atoms with van der Waals surface area (Å²) in [6.07, 6.45) is 0. The number of nitrogens with zero attached hydrogens (tertiary/aromatic N) is 4. The van der Waals surface area contributed by atoms with Crippen LogP contribution in [0.4, 0.5) is 11.9 Å². The molecule has 2 aromatic heterocycles. The van der Waals surface area contributed by atoms with Crippen LogP contribution in [0.1, 0.15) is 30.0 Å². The highest BCUT2D eigenvalue weighted by atomic mass is 16.5. The predicted octanol–water partition coefficient (Wildman–Crippen LogP) is 1.70. The summed E-state index contributed by atoms with van der Waals surface area (Å²) in [5.74, 6) is 1.64. The number of ether oxygens (including phenoxy) is 1. The van der Waals surface area contributed by atoms with Crippen LogP contribution in [-0.2, 0) is 0 Å². The van der Waals surface area contributed by atoms with Gasteiger partial charge < -0.3 is 19.9 Å². The molecule has 0 aliphatic rings. The minimum Gasteiger partial charge on any atom is -0.467 e. The molecule has 2 N–H and O–H groups in total. The molecule has 2 heterocycles. The Bertz CT molecular complexity index is 556. The van der Waals surface area contributed by atoms with Crippen LogP contribution in [-0.4, -0.2) is 34.3 Å². The van der Waals surface area contributed by atoms with Crippen molar-refractivity contribution in [3.8, 4) is 6.01 Å². The van der Waals surface area contributed by atoms with E-state index in [4.69, 9.17) is 9.26 Å². The molecule has 0 spiro atoms. The van der Waals surface area contributed by atoms with Gasteiger partial charge in [-0.2, -0.15) is 15.0 Å². The van der Waals surface area contributed by atoms with Crippen LogP contribution in [0.3, 0.4) is 0 Å². The molecule has 0 fully saturated rings. The second-order valence-electron chi connectivity index (χ2n) is 4.32. The van der Waals surface area contributed by atoms with Crippen molar-refractivity contribution in [3.05, 3.63) is 17.0 Å². The van der Waals surface area contributed by atoms with Gasteiger partial charge in [0.25, 0.3) is 0 Å². The topological polar surface area (TPSA) is 98.0 Å². The molecule has 1 atom stereocenters. The van der Waals surface area contributed by atoms with Gasteiger partial charge in [0.15, 0.2) is 0 Å². The Morgan fingerprint density at radius 1 is 1.15 bits per heavy atom. The van der Waals surface area contributed by atoms with Crippen LogP contribution in [0.2, 0.25) is 0 Å². The molecule has 1 unspecified atom stereocenters. The van der Waals surface area contributed by atoms with Gasteiger partial charge in [-0.3, -0.25) is 0 Å². The zero-order valence-electron chi connectivity index (χ0n) is 12.2.